The monoisotopic (exact) mass is 223 g/mol. The molecule has 1 N–H and O–H groups in total. The Labute approximate surface area is 94.6 Å². The van der Waals surface area contributed by atoms with Crippen LogP contribution in [0.15, 0.2) is 30.3 Å². The first-order valence-electron chi connectivity index (χ1n) is 5.21. The van der Waals surface area contributed by atoms with Gasteiger partial charge in [-0.3, -0.25) is 4.79 Å². The quantitative estimate of drug-likeness (QED) is 0.784. The first-order chi connectivity index (χ1) is 7.29. The van der Waals surface area contributed by atoms with Crippen molar-refractivity contribution in [3.05, 3.63) is 35.9 Å². The van der Waals surface area contributed by atoms with Crippen LogP contribution in [0, 0.1) is 5.92 Å². The highest BCUT2D eigenvalue weighted by molar-refractivity contribution is 6.18. The minimum Gasteiger partial charge on any atom is -0.349 e. The van der Waals surface area contributed by atoms with Crippen molar-refractivity contribution in [2.75, 3.05) is 5.88 Å². The van der Waals surface area contributed by atoms with E-state index in [9.17, 15) is 4.79 Å². The zero-order valence-corrected chi connectivity index (χ0v) is 9.20. The van der Waals surface area contributed by atoms with Gasteiger partial charge < -0.3 is 5.32 Å². The Morgan fingerprint density at radius 2 is 2.00 bits per heavy atom. The number of rotatable bonds is 3. The van der Waals surface area contributed by atoms with E-state index in [4.69, 9.17) is 11.6 Å². The number of hydrogen-bond donors (Lipinski definition) is 1. The van der Waals surface area contributed by atoms with Crippen LogP contribution in [0.25, 0.3) is 0 Å². The molecule has 1 amide bonds. The van der Waals surface area contributed by atoms with Crippen LogP contribution in [0.4, 0.5) is 0 Å². The number of carbonyl (C=O) groups excluding carboxylic acids is 1. The van der Waals surface area contributed by atoms with Gasteiger partial charge in [-0.05, 0) is 30.9 Å². The average molecular weight is 224 g/mol. The number of amides is 1. The molecule has 3 heteroatoms. The lowest BCUT2D eigenvalue weighted by atomic mass is 9.81. The van der Waals surface area contributed by atoms with E-state index >= 15 is 0 Å². The maximum absolute atomic E-state index is 11.7. The van der Waals surface area contributed by atoms with Crippen LogP contribution >= 0.6 is 11.6 Å². The summed E-state index contributed by atoms with van der Waals surface area (Å²) >= 11 is 5.71. The van der Waals surface area contributed by atoms with E-state index in [0.29, 0.717) is 17.8 Å². The van der Waals surface area contributed by atoms with Crippen LogP contribution in [0.3, 0.4) is 0 Å². The summed E-state index contributed by atoms with van der Waals surface area (Å²) in [5.74, 6) is 1.32. The summed E-state index contributed by atoms with van der Waals surface area (Å²) in [6, 6.07) is 9.62. The van der Waals surface area contributed by atoms with Crippen molar-refractivity contribution in [2.45, 2.75) is 18.9 Å². The standard InChI is InChI=1S/C12H14ClNO/c13-8-9-6-11(7-9)14-12(15)10-4-2-1-3-5-10/h1-5,9,11H,6-8H2,(H,14,15). The summed E-state index contributed by atoms with van der Waals surface area (Å²) < 4.78 is 0. The third-order valence-corrected chi connectivity index (χ3v) is 3.26. The van der Waals surface area contributed by atoms with Crippen molar-refractivity contribution in [1.82, 2.24) is 5.32 Å². The lowest BCUT2D eigenvalue weighted by Gasteiger charge is -2.34. The van der Waals surface area contributed by atoms with Gasteiger partial charge in [-0.25, -0.2) is 0 Å². The first-order valence-corrected chi connectivity index (χ1v) is 5.75. The van der Waals surface area contributed by atoms with Crippen LogP contribution in [-0.4, -0.2) is 17.8 Å². The number of nitrogens with one attached hydrogen (secondary N) is 1. The first kappa shape index (κ1) is 10.5. The molecule has 0 aromatic heterocycles. The molecule has 0 radical (unpaired) electrons. The van der Waals surface area contributed by atoms with Crippen LogP contribution in [0.5, 0.6) is 0 Å². The summed E-state index contributed by atoms with van der Waals surface area (Å²) in [5, 5.41) is 3.00. The zero-order chi connectivity index (χ0) is 10.7. The fraction of sp³-hybridized carbons (Fsp3) is 0.417. The smallest absolute Gasteiger partial charge is 0.251 e. The molecule has 0 atom stereocenters. The van der Waals surface area contributed by atoms with E-state index in [2.05, 4.69) is 5.32 Å². The number of benzene rings is 1. The molecule has 1 aromatic carbocycles. The Hall–Kier alpha value is -1.02. The zero-order valence-electron chi connectivity index (χ0n) is 8.45. The highest BCUT2D eigenvalue weighted by Crippen LogP contribution is 2.28. The van der Waals surface area contributed by atoms with Gasteiger partial charge in [-0.2, -0.15) is 0 Å². The second-order valence-corrected chi connectivity index (χ2v) is 4.34. The molecule has 0 bridgehead atoms. The molecule has 80 valence electrons. The Morgan fingerprint density at radius 3 is 2.60 bits per heavy atom. The molecule has 1 fully saturated rings. The lowest BCUT2D eigenvalue weighted by Crippen LogP contribution is -2.44. The normalized spacial score (nSPS) is 24.3. The van der Waals surface area contributed by atoms with Gasteiger partial charge in [0.25, 0.3) is 5.91 Å². The maximum Gasteiger partial charge on any atom is 0.251 e. The fourth-order valence-electron chi connectivity index (χ4n) is 1.84. The van der Waals surface area contributed by atoms with Gasteiger partial charge in [0.15, 0.2) is 0 Å². The predicted molar refractivity (Wildman–Crippen MR) is 61.1 cm³/mol. The molecule has 2 rings (SSSR count). The third-order valence-electron chi connectivity index (χ3n) is 2.83. The molecular formula is C12H14ClNO. The van der Waals surface area contributed by atoms with Crippen LogP contribution in [0.1, 0.15) is 23.2 Å². The molecular weight excluding hydrogens is 210 g/mol. The van der Waals surface area contributed by atoms with E-state index in [1.54, 1.807) is 0 Å². The van der Waals surface area contributed by atoms with E-state index < -0.39 is 0 Å². The van der Waals surface area contributed by atoms with E-state index in [-0.39, 0.29) is 5.91 Å². The second-order valence-electron chi connectivity index (χ2n) is 4.03. The van der Waals surface area contributed by atoms with Gasteiger partial charge in [0, 0.05) is 17.5 Å². The van der Waals surface area contributed by atoms with Crippen molar-refractivity contribution in [1.29, 1.82) is 0 Å². The van der Waals surface area contributed by atoms with Crippen molar-refractivity contribution in [2.24, 2.45) is 5.92 Å². The van der Waals surface area contributed by atoms with Gasteiger partial charge in [0.05, 0.1) is 0 Å². The molecule has 15 heavy (non-hydrogen) atoms. The minimum absolute atomic E-state index is 0.0219. The highest BCUT2D eigenvalue weighted by atomic mass is 35.5. The predicted octanol–water partition coefficient (Wildman–Crippen LogP) is 2.43. The van der Waals surface area contributed by atoms with Crippen molar-refractivity contribution in [3.8, 4) is 0 Å². The van der Waals surface area contributed by atoms with E-state index in [1.807, 2.05) is 30.3 Å². The van der Waals surface area contributed by atoms with Crippen molar-refractivity contribution in [3.63, 3.8) is 0 Å². The summed E-state index contributed by atoms with van der Waals surface area (Å²) in [5.41, 5.74) is 0.729. The highest BCUT2D eigenvalue weighted by Gasteiger charge is 2.29. The third kappa shape index (κ3) is 2.51. The Morgan fingerprint density at radius 1 is 1.33 bits per heavy atom. The topological polar surface area (TPSA) is 29.1 Å². The number of hydrogen-bond acceptors (Lipinski definition) is 1. The number of alkyl halides is 1. The van der Waals surface area contributed by atoms with Crippen LogP contribution in [0.2, 0.25) is 0 Å². The minimum atomic E-state index is 0.0219. The molecule has 1 aliphatic carbocycles. The molecule has 0 unspecified atom stereocenters. The molecule has 1 aliphatic rings. The van der Waals surface area contributed by atoms with Gasteiger partial charge in [-0.1, -0.05) is 18.2 Å². The molecule has 1 saturated carbocycles. The number of carbonyl (C=O) groups is 1. The molecule has 0 saturated heterocycles. The van der Waals surface area contributed by atoms with Crippen molar-refractivity contribution >= 4 is 17.5 Å². The Kier molecular flexibility index (Phi) is 3.27. The summed E-state index contributed by atoms with van der Waals surface area (Å²) in [6.45, 7) is 0. The van der Waals surface area contributed by atoms with E-state index in [0.717, 1.165) is 18.4 Å². The van der Waals surface area contributed by atoms with Gasteiger partial charge in [-0.15, -0.1) is 11.6 Å². The van der Waals surface area contributed by atoms with Crippen molar-refractivity contribution < 1.29 is 4.79 Å². The largest absolute Gasteiger partial charge is 0.349 e. The Balaban J connectivity index is 1.84. The van der Waals surface area contributed by atoms with E-state index in [1.165, 1.54) is 0 Å². The van der Waals surface area contributed by atoms with Gasteiger partial charge >= 0.3 is 0 Å². The lowest BCUT2D eigenvalue weighted by molar-refractivity contribution is 0.0897. The van der Waals surface area contributed by atoms with Gasteiger partial charge in [0.2, 0.25) is 0 Å². The molecule has 2 nitrogen and oxygen atoms in total. The second kappa shape index (κ2) is 4.67. The summed E-state index contributed by atoms with van der Waals surface area (Å²) in [7, 11) is 0. The molecule has 0 aliphatic heterocycles. The maximum atomic E-state index is 11.7. The van der Waals surface area contributed by atoms with Gasteiger partial charge in [0.1, 0.15) is 0 Å². The molecule has 0 heterocycles. The summed E-state index contributed by atoms with van der Waals surface area (Å²) in [4.78, 5) is 11.7. The number of halogens is 1. The SMILES string of the molecule is O=C(NC1CC(CCl)C1)c1ccccc1. The Bertz CT molecular complexity index is 333. The average Bonchev–Trinajstić information content (AvgIpc) is 2.23. The van der Waals surface area contributed by atoms with Crippen LogP contribution in [-0.2, 0) is 0 Å². The van der Waals surface area contributed by atoms with Crippen LogP contribution < -0.4 is 5.32 Å². The molecule has 0 spiro atoms. The molecule has 1 aromatic rings. The summed E-state index contributed by atoms with van der Waals surface area (Å²) in [6.07, 6.45) is 2.03. The fourth-order valence-corrected chi connectivity index (χ4v) is 2.09.